The van der Waals surface area contributed by atoms with Gasteiger partial charge in [0.1, 0.15) is 29.9 Å². The molecule has 2 aromatic heterocycles. The molecule has 0 amide bonds. The zero-order valence-electron chi connectivity index (χ0n) is 14.5. The Morgan fingerprint density at radius 2 is 2.08 bits per heavy atom. The third-order valence-electron chi connectivity index (χ3n) is 4.86. The summed E-state index contributed by atoms with van der Waals surface area (Å²) in [4.78, 5) is 15.4. The van der Waals surface area contributed by atoms with Gasteiger partial charge in [0.15, 0.2) is 0 Å². The highest BCUT2D eigenvalue weighted by atomic mass is 16.5. The molecule has 8 heteroatoms. The van der Waals surface area contributed by atoms with Gasteiger partial charge in [-0.25, -0.2) is 15.0 Å². The predicted molar refractivity (Wildman–Crippen MR) is 93.6 cm³/mol. The lowest BCUT2D eigenvalue weighted by Gasteiger charge is -2.28. The standard InChI is InChI=1S/C17H24N6O2/c1-22-4-3-18-17(22)16-13(2-7-25-16)11-19-14-10-15(21-12-20-14)23-5-8-24-9-6-23/h3-4,10,12-13,16H,2,5-9,11H2,1H3,(H,19,20,21)/t13-,16+/m0/s1. The first-order valence-electron chi connectivity index (χ1n) is 8.78. The van der Waals surface area contributed by atoms with E-state index in [1.807, 2.05) is 30.1 Å². The lowest BCUT2D eigenvalue weighted by atomic mass is 10.0. The van der Waals surface area contributed by atoms with Crippen LogP contribution in [0, 0.1) is 5.92 Å². The van der Waals surface area contributed by atoms with E-state index in [2.05, 4.69) is 25.2 Å². The van der Waals surface area contributed by atoms with Crippen LogP contribution in [0.5, 0.6) is 0 Å². The Morgan fingerprint density at radius 3 is 2.88 bits per heavy atom. The van der Waals surface area contributed by atoms with Gasteiger partial charge in [0.05, 0.1) is 13.2 Å². The molecule has 2 saturated heterocycles. The number of morpholine rings is 1. The second kappa shape index (κ2) is 7.37. The summed E-state index contributed by atoms with van der Waals surface area (Å²) in [7, 11) is 2.01. The van der Waals surface area contributed by atoms with Crippen molar-refractivity contribution in [2.75, 3.05) is 49.7 Å². The van der Waals surface area contributed by atoms with Crippen LogP contribution in [0.2, 0.25) is 0 Å². The van der Waals surface area contributed by atoms with Gasteiger partial charge >= 0.3 is 0 Å². The van der Waals surface area contributed by atoms with Crippen LogP contribution in [0.1, 0.15) is 18.3 Å². The van der Waals surface area contributed by atoms with E-state index >= 15 is 0 Å². The van der Waals surface area contributed by atoms with Crippen LogP contribution >= 0.6 is 0 Å². The van der Waals surface area contributed by atoms with Crippen molar-refractivity contribution in [2.24, 2.45) is 13.0 Å². The minimum Gasteiger partial charge on any atom is -0.378 e. The van der Waals surface area contributed by atoms with Crippen LogP contribution in [-0.4, -0.2) is 59.0 Å². The van der Waals surface area contributed by atoms with E-state index in [9.17, 15) is 0 Å². The van der Waals surface area contributed by atoms with Crippen molar-refractivity contribution in [2.45, 2.75) is 12.5 Å². The highest BCUT2D eigenvalue weighted by Crippen LogP contribution is 2.33. The molecule has 134 valence electrons. The first-order valence-corrected chi connectivity index (χ1v) is 8.78. The fraction of sp³-hybridized carbons (Fsp3) is 0.588. The zero-order valence-corrected chi connectivity index (χ0v) is 14.5. The van der Waals surface area contributed by atoms with Gasteiger partial charge in [-0.05, 0) is 6.42 Å². The molecule has 0 aliphatic carbocycles. The largest absolute Gasteiger partial charge is 0.378 e. The smallest absolute Gasteiger partial charge is 0.138 e. The molecule has 4 rings (SSSR count). The number of imidazole rings is 1. The van der Waals surface area contributed by atoms with Crippen molar-refractivity contribution in [1.29, 1.82) is 0 Å². The highest BCUT2D eigenvalue weighted by molar-refractivity contribution is 5.48. The number of aryl methyl sites for hydroxylation is 1. The summed E-state index contributed by atoms with van der Waals surface area (Å²) in [6.45, 7) is 4.81. The molecule has 0 aromatic carbocycles. The van der Waals surface area contributed by atoms with E-state index < -0.39 is 0 Å². The Balaban J connectivity index is 1.40. The molecule has 0 spiro atoms. The second-order valence-electron chi connectivity index (χ2n) is 6.48. The number of anilines is 2. The third-order valence-corrected chi connectivity index (χ3v) is 4.86. The summed E-state index contributed by atoms with van der Waals surface area (Å²) in [5.74, 6) is 3.16. The van der Waals surface area contributed by atoms with Crippen molar-refractivity contribution in [3.63, 3.8) is 0 Å². The molecule has 0 saturated carbocycles. The molecule has 2 fully saturated rings. The number of nitrogens with one attached hydrogen (secondary N) is 1. The number of hydrogen-bond donors (Lipinski definition) is 1. The molecule has 1 N–H and O–H groups in total. The van der Waals surface area contributed by atoms with Crippen molar-refractivity contribution in [1.82, 2.24) is 19.5 Å². The lowest BCUT2D eigenvalue weighted by Crippen LogP contribution is -2.36. The summed E-state index contributed by atoms with van der Waals surface area (Å²) >= 11 is 0. The zero-order chi connectivity index (χ0) is 17.1. The quantitative estimate of drug-likeness (QED) is 0.874. The Kier molecular flexibility index (Phi) is 4.80. The van der Waals surface area contributed by atoms with Crippen molar-refractivity contribution in [3.8, 4) is 0 Å². The maximum absolute atomic E-state index is 5.92. The van der Waals surface area contributed by atoms with Crippen molar-refractivity contribution < 1.29 is 9.47 Å². The van der Waals surface area contributed by atoms with E-state index in [-0.39, 0.29) is 6.10 Å². The number of nitrogens with zero attached hydrogens (tertiary/aromatic N) is 5. The van der Waals surface area contributed by atoms with E-state index in [0.29, 0.717) is 5.92 Å². The summed E-state index contributed by atoms with van der Waals surface area (Å²) in [6, 6.07) is 2.01. The number of aromatic nitrogens is 4. The first kappa shape index (κ1) is 16.3. The third kappa shape index (κ3) is 3.59. The fourth-order valence-corrected chi connectivity index (χ4v) is 3.42. The van der Waals surface area contributed by atoms with Crippen LogP contribution in [0.3, 0.4) is 0 Å². The Hall–Kier alpha value is -2.19. The molecule has 0 unspecified atom stereocenters. The first-order chi connectivity index (χ1) is 12.3. The molecular formula is C17H24N6O2. The van der Waals surface area contributed by atoms with Gasteiger partial charge in [0.2, 0.25) is 0 Å². The Labute approximate surface area is 147 Å². The number of hydrogen-bond acceptors (Lipinski definition) is 7. The molecule has 2 atom stereocenters. The molecule has 0 bridgehead atoms. The van der Waals surface area contributed by atoms with Gasteiger partial charge in [0, 0.05) is 57.7 Å². The summed E-state index contributed by atoms with van der Waals surface area (Å²) in [5.41, 5.74) is 0. The summed E-state index contributed by atoms with van der Waals surface area (Å²) in [6.07, 6.45) is 6.45. The van der Waals surface area contributed by atoms with Gasteiger partial charge in [-0.15, -0.1) is 0 Å². The maximum atomic E-state index is 5.92. The molecule has 2 aromatic rings. The van der Waals surface area contributed by atoms with Crippen LogP contribution in [0.25, 0.3) is 0 Å². The molecule has 4 heterocycles. The van der Waals surface area contributed by atoms with Gasteiger partial charge in [-0.2, -0.15) is 0 Å². The molecule has 0 radical (unpaired) electrons. The Morgan fingerprint density at radius 1 is 1.20 bits per heavy atom. The summed E-state index contributed by atoms with van der Waals surface area (Å²) < 4.78 is 13.4. The number of ether oxygens (including phenoxy) is 2. The van der Waals surface area contributed by atoms with Crippen LogP contribution in [0.15, 0.2) is 24.8 Å². The monoisotopic (exact) mass is 344 g/mol. The van der Waals surface area contributed by atoms with Crippen molar-refractivity contribution in [3.05, 3.63) is 30.6 Å². The topological polar surface area (TPSA) is 77.3 Å². The fourth-order valence-electron chi connectivity index (χ4n) is 3.42. The molecule has 2 aliphatic rings. The van der Waals surface area contributed by atoms with E-state index in [4.69, 9.17) is 9.47 Å². The van der Waals surface area contributed by atoms with Crippen molar-refractivity contribution >= 4 is 11.6 Å². The average Bonchev–Trinajstić information content (AvgIpc) is 3.29. The van der Waals surface area contributed by atoms with Gasteiger partial charge in [0.25, 0.3) is 0 Å². The van der Waals surface area contributed by atoms with Gasteiger partial charge in [-0.1, -0.05) is 0 Å². The SMILES string of the molecule is Cn1ccnc1[C@@H]1OCC[C@H]1CNc1cc(N2CCOCC2)ncn1. The van der Waals surface area contributed by atoms with Gasteiger partial charge < -0.3 is 24.3 Å². The predicted octanol–water partition coefficient (Wildman–Crippen LogP) is 1.24. The molecule has 8 nitrogen and oxygen atoms in total. The minimum atomic E-state index is 0.0352. The Bertz CT molecular complexity index is 700. The minimum absolute atomic E-state index is 0.0352. The average molecular weight is 344 g/mol. The summed E-state index contributed by atoms with van der Waals surface area (Å²) in [5, 5.41) is 3.45. The van der Waals surface area contributed by atoms with E-state index in [0.717, 1.165) is 63.3 Å². The van der Waals surface area contributed by atoms with Crippen LogP contribution in [-0.2, 0) is 16.5 Å². The second-order valence-corrected chi connectivity index (χ2v) is 6.48. The highest BCUT2D eigenvalue weighted by Gasteiger charge is 2.32. The molecule has 25 heavy (non-hydrogen) atoms. The lowest BCUT2D eigenvalue weighted by molar-refractivity contribution is 0.0839. The maximum Gasteiger partial charge on any atom is 0.138 e. The normalized spacial score (nSPS) is 23.8. The van der Waals surface area contributed by atoms with E-state index in [1.165, 1.54) is 0 Å². The van der Waals surface area contributed by atoms with Crippen LogP contribution in [0.4, 0.5) is 11.6 Å². The van der Waals surface area contributed by atoms with E-state index in [1.54, 1.807) is 6.33 Å². The molecule has 2 aliphatic heterocycles. The number of rotatable bonds is 5. The van der Waals surface area contributed by atoms with Crippen LogP contribution < -0.4 is 10.2 Å². The van der Waals surface area contributed by atoms with Gasteiger partial charge in [-0.3, -0.25) is 0 Å². The molecular weight excluding hydrogens is 320 g/mol.